The molecular weight excluding hydrogens is 236 g/mol. The summed E-state index contributed by atoms with van der Waals surface area (Å²) in [6.07, 6.45) is 9.20. The number of amides is 1. The molecule has 1 unspecified atom stereocenters. The fraction of sp³-hybridized carbons (Fsp3) is 0.385. The van der Waals surface area contributed by atoms with Crippen LogP contribution in [-0.4, -0.2) is 17.4 Å². The molecule has 1 aliphatic carbocycles. The van der Waals surface area contributed by atoms with Gasteiger partial charge in [-0.15, -0.1) is 0 Å². The van der Waals surface area contributed by atoms with Gasteiger partial charge in [-0.05, 0) is 37.3 Å². The molecule has 17 heavy (non-hydrogen) atoms. The van der Waals surface area contributed by atoms with Crippen LogP contribution < -0.4 is 5.32 Å². The highest BCUT2D eigenvalue weighted by molar-refractivity contribution is 6.29. The molecule has 1 N–H and O–H groups in total. The van der Waals surface area contributed by atoms with Crippen LogP contribution in [0.25, 0.3) is 0 Å². The van der Waals surface area contributed by atoms with E-state index in [0.717, 1.165) is 25.8 Å². The molecule has 0 radical (unpaired) electrons. The first kappa shape index (κ1) is 12.1. The number of nitrogens with one attached hydrogen (secondary N) is 1. The number of hydrogen-bond acceptors (Lipinski definition) is 2. The van der Waals surface area contributed by atoms with Gasteiger partial charge in [0.2, 0.25) is 0 Å². The van der Waals surface area contributed by atoms with Gasteiger partial charge in [0.25, 0.3) is 5.91 Å². The molecule has 90 valence electrons. The summed E-state index contributed by atoms with van der Waals surface area (Å²) in [4.78, 5) is 15.7. The molecule has 4 heteroatoms. The lowest BCUT2D eigenvalue weighted by atomic mass is 9.94. The monoisotopic (exact) mass is 250 g/mol. The Labute approximate surface area is 106 Å². The van der Waals surface area contributed by atoms with Crippen molar-refractivity contribution in [3.63, 3.8) is 0 Å². The fourth-order valence-corrected chi connectivity index (χ4v) is 2.00. The van der Waals surface area contributed by atoms with Gasteiger partial charge < -0.3 is 5.32 Å². The van der Waals surface area contributed by atoms with Crippen LogP contribution in [0.3, 0.4) is 0 Å². The van der Waals surface area contributed by atoms with E-state index in [9.17, 15) is 4.79 Å². The van der Waals surface area contributed by atoms with E-state index >= 15 is 0 Å². The summed E-state index contributed by atoms with van der Waals surface area (Å²) in [5, 5.41) is 3.33. The lowest BCUT2D eigenvalue weighted by molar-refractivity contribution is 0.0946. The summed E-state index contributed by atoms with van der Waals surface area (Å²) in [6, 6.07) is 3.31. The van der Waals surface area contributed by atoms with E-state index in [0.29, 0.717) is 16.6 Å². The van der Waals surface area contributed by atoms with E-state index in [2.05, 4.69) is 22.5 Å². The van der Waals surface area contributed by atoms with Gasteiger partial charge in [0.1, 0.15) is 5.15 Å². The van der Waals surface area contributed by atoms with Crippen LogP contribution in [-0.2, 0) is 0 Å². The number of halogens is 1. The molecule has 0 saturated carbocycles. The maximum atomic E-state index is 11.8. The van der Waals surface area contributed by atoms with Crippen LogP contribution >= 0.6 is 11.6 Å². The van der Waals surface area contributed by atoms with Crippen molar-refractivity contribution >= 4 is 17.5 Å². The Morgan fingerprint density at radius 1 is 1.47 bits per heavy atom. The van der Waals surface area contributed by atoms with E-state index < -0.39 is 0 Å². The SMILES string of the molecule is O=C(NCC1CC=CCC1)c1ccc(Cl)nc1. The summed E-state index contributed by atoms with van der Waals surface area (Å²) in [5.74, 6) is 0.480. The maximum Gasteiger partial charge on any atom is 0.252 e. The van der Waals surface area contributed by atoms with Gasteiger partial charge in [0.05, 0.1) is 5.56 Å². The van der Waals surface area contributed by atoms with E-state index in [1.807, 2.05) is 0 Å². The van der Waals surface area contributed by atoms with Gasteiger partial charge >= 0.3 is 0 Å². The first-order valence-corrected chi connectivity index (χ1v) is 6.18. The number of aromatic nitrogens is 1. The number of rotatable bonds is 3. The minimum Gasteiger partial charge on any atom is -0.352 e. The Kier molecular flexibility index (Phi) is 4.15. The van der Waals surface area contributed by atoms with Crippen molar-refractivity contribution in [3.8, 4) is 0 Å². The molecule has 1 heterocycles. The van der Waals surface area contributed by atoms with Crippen LogP contribution in [0.5, 0.6) is 0 Å². The number of carbonyl (C=O) groups excluding carboxylic acids is 1. The second-order valence-corrected chi connectivity index (χ2v) is 4.62. The van der Waals surface area contributed by atoms with Crippen molar-refractivity contribution in [3.05, 3.63) is 41.2 Å². The highest BCUT2D eigenvalue weighted by atomic mass is 35.5. The molecular formula is C13H15ClN2O. The Morgan fingerprint density at radius 3 is 3.00 bits per heavy atom. The largest absolute Gasteiger partial charge is 0.352 e. The number of nitrogens with zero attached hydrogens (tertiary/aromatic N) is 1. The molecule has 0 fully saturated rings. The first-order valence-electron chi connectivity index (χ1n) is 5.80. The minimum absolute atomic E-state index is 0.0799. The normalized spacial score (nSPS) is 19.0. The summed E-state index contributed by atoms with van der Waals surface area (Å²) in [6.45, 7) is 0.728. The van der Waals surface area contributed by atoms with Gasteiger partial charge in [0, 0.05) is 12.7 Å². The maximum absolute atomic E-state index is 11.8. The van der Waals surface area contributed by atoms with Crippen molar-refractivity contribution in [2.75, 3.05) is 6.54 Å². The smallest absolute Gasteiger partial charge is 0.252 e. The Morgan fingerprint density at radius 2 is 2.35 bits per heavy atom. The molecule has 0 aliphatic heterocycles. The van der Waals surface area contributed by atoms with E-state index in [1.165, 1.54) is 6.20 Å². The molecule has 3 nitrogen and oxygen atoms in total. The minimum atomic E-state index is -0.0799. The highest BCUT2D eigenvalue weighted by Crippen LogP contribution is 2.17. The summed E-state index contributed by atoms with van der Waals surface area (Å²) < 4.78 is 0. The average Bonchev–Trinajstić information content (AvgIpc) is 2.38. The summed E-state index contributed by atoms with van der Waals surface area (Å²) in [7, 11) is 0. The molecule has 0 aromatic carbocycles. The number of pyridine rings is 1. The third-order valence-corrected chi connectivity index (χ3v) is 3.14. The zero-order valence-electron chi connectivity index (χ0n) is 9.53. The molecule has 0 spiro atoms. The second kappa shape index (κ2) is 5.82. The third kappa shape index (κ3) is 3.56. The van der Waals surface area contributed by atoms with Gasteiger partial charge in [-0.3, -0.25) is 4.79 Å². The first-order chi connectivity index (χ1) is 8.25. The molecule has 1 aromatic rings. The predicted molar refractivity (Wildman–Crippen MR) is 68.1 cm³/mol. The molecule has 1 amide bonds. The molecule has 0 bridgehead atoms. The van der Waals surface area contributed by atoms with Crippen LogP contribution in [0.2, 0.25) is 5.15 Å². The zero-order chi connectivity index (χ0) is 12.1. The van der Waals surface area contributed by atoms with Crippen molar-refractivity contribution in [2.24, 2.45) is 5.92 Å². The van der Waals surface area contributed by atoms with Crippen molar-refractivity contribution in [2.45, 2.75) is 19.3 Å². The van der Waals surface area contributed by atoms with Gasteiger partial charge in [0.15, 0.2) is 0 Å². The Hall–Kier alpha value is -1.35. The van der Waals surface area contributed by atoms with Crippen LogP contribution in [0.15, 0.2) is 30.5 Å². The Balaban J connectivity index is 1.84. The van der Waals surface area contributed by atoms with Gasteiger partial charge in [-0.1, -0.05) is 23.8 Å². The van der Waals surface area contributed by atoms with Gasteiger partial charge in [-0.2, -0.15) is 0 Å². The van der Waals surface area contributed by atoms with E-state index in [1.54, 1.807) is 12.1 Å². The fourth-order valence-electron chi connectivity index (χ4n) is 1.89. The summed E-state index contributed by atoms with van der Waals surface area (Å²) >= 11 is 5.66. The quantitative estimate of drug-likeness (QED) is 0.662. The van der Waals surface area contributed by atoms with Crippen molar-refractivity contribution in [1.29, 1.82) is 0 Å². The lowest BCUT2D eigenvalue weighted by Gasteiger charge is -2.17. The number of allylic oxidation sites excluding steroid dienone is 2. The molecule has 1 aliphatic rings. The molecule has 1 atom stereocenters. The molecule has 2 rings (SSSR count). The lowest BCUT2D eigenvalue weighted by Crippen LogP contribution is -2.29. The van der Waals surface area contributed by atoms with Crippen LogP contribution in [0, 0.1) is 5.92 Å². The van der Waals surface area contributed by atoms with E-state index in [-0.39, 0.29) is 5.91 Å². The standard InChI is InChI=1S/C13H15ClN2O/c14-12-7-6-11(9-15-12)13(17)16-8-10-4-2-1-3-5-10/h1-2,6-7,9-10H,3-5,8H2,(H,16,17). The molecule has 0 saturated heterocycles. The number of hydrogen-bond donors (Lipinski definition) is 1. The van der Waals surface area contributed by atoms with Crippen molar-refractivity contribution in [1.82, 2.24) is 10.3 Å². The number of carbonyl (C=O) groups is 1. The second-order valence-electron chi connectivity index (χ2n) is 4.23. The highest BCUT2D eigenvalue weighted by Gasteiger charge is 2.12. The van der Waals surface area contributed by atoms with Crippen LogP contribution in [0.1, 0.15) is 29.6 Å². The topological polar surface area (TPSA) is 42.0 Å². The van der Waals surface area contributed by atoms with E-state index in [4.69, 9.17) is 11.6 Å². The van der Waals surface area contributed by atoms with Crippen LogP contribution in [0.4, 0.5) is 0 Å². The molecule has 1 aromatic heterocycles. The Bertz CT molecular complexity index is 414. The summed E-state index contributed by atoms with van der Waals surface area (Å²) in [5.41, 5.74) is 0.556. The van der Waals surface area contributed by atoms with Crippen molar-refractivity contribution < 1.29 is 4.79 Å². The predicted octanol–water partition coefficient (Wildman–Crippen LogP) is 2.82. The zero-order valence-corrected chi connectivity index (χ0v) is 10.3. The average molecular weight is 251 g/mol. The van der Waals surface area contributed by atoms with Gasteiger partial charge in [-0.25, -0.2) is 4.98 Å². The third-order valence-electron chi connectivity index (χ3n) is 2.92.